The molecule has 5 nitrogen and oxygen atoms in total. The van der Waals surface area contributed by atoms with Gasteiger partial charge in [0.1, 0.15) is 17.5 Å². The maximum absolute atomic E-state index is 13.1. The zero-order valence-electron chi connectivity index (χ0n) is 12.9. The quantitative estimate of drug-likeness (QED) is 0.883. The molecule has 0 unspecified atom stereocenters. The molecule has 3 rings (SSSR count). The van der Waals surface area contributed by atoms with Crippen molar-refractivity contribution in [2.45, 2.75) is 32.7 Å². The first-order valence-corrected chi connectivity index (χ1v) is 7.56. The maximum Gasteiger partial charge on any atom is 0.214 e. The molecule has 0 spiro atoms. The van der Waals surface area contributed by atoms with Crippen LogP contribution in [0, 0.1) is 19.8 Å². The average molecular weight is 301 g/mol. The molecule has 0 atom stereocenters. The molecule has 6 heteroatoms. The van der Waals surface area contributed by atoms with E-state index in [2.05, 4.69) is 25.2 Å². The Morgan fingerprint density at radius 3 is 2.59 bits per heavy atom. The van der Waals surface area contributed by atoms with Gasteiger partial charge in [0, 0.05) is 30.9 Å². The molecule has 2 aromatic heterocycles. The Labute approximate surface area is 129 Å². The van der Waals surface area contributed by atoms with Crippen molar-refractivity contribution in [2.75, 3.05) is 23.3 Å². The average Bonchev–Trinajstić information content (AvgIpc) is 2.47. The van der Waals surface area contributed by atoms with Crippen molar-refractivity contribution < 1.29 is 4.39 Å². The molecular weight excluding hydrogens is 281 g/mol. The van der Waals surface area contributed by atoms with E-state index in [1.807, 2.05) is 19.9 Å². The zero-order valence-corrected chi connectivity index (χ0v) is 12.9. The number of aromatic nitrogens is 3. The van der Waals surface area contributed by atoms with Gasteiger partial charge in [-0.05, 0) is 38.8 Å². The molecule has 1 aliphatic rings. The van der Waals surface area contributed by atoms with Crippen LogP contribution < -0.4 is 10.2 Å². The summed E-state index contributed by atoms with van der Waals surface area (Å²) >= 11 is 0. The third kappa shape index (κ3) is 3.50. The summed E-state index contributed by atoms with van der Waals surface area (Å²) in [5.74, 6) is 1.95. The summed E-state index contributed by atoms with van der Waals surface area (Å²) in [7, 11) is 0. The van der Waals surface area contributed by atoms with Crippen LogP contribution in [0.25, 0.3) is 0 Å². The van der Waals surface area contributed by atoms with E-state index < -0.39 is 5.95 Å². The Morgan fingerprint density at radius 2 is 1.91 bits per heavy atom. The van der Waals surface area contributed by atoms with Crippen molar-refractivity contribution in [3.8, 4) is 0 Å². The second-order valence-corrected chi connectivity index (χ2v) is 5.67. The van der Waals surface area contributed by atoms with Crippen molar-refractivity contribution in [1.82, 2.24) is 15.0 Å². The monoisotopic (exact) mass is 301 g/mol. The van der Waals surface area contributed by atoms with Crippen molar-refractivity contribution in [2.24, 2.45) is 0 Å². The predicted octanol–water partition coefficient (Wildman–Crippen LogP) is 2.71. The molecule has 3 heterocycles. The summed E-state index contributed by atoms with van der Waals surface area (Å²) in [5.41, 5.74) is 0.992. The van der Waals surface area contributed by atoms with Crippen molar-refractivity contribution in [3.05, 3.63) is 41.7 Å². The lowest BCUT2D eigenvalue weighted by Crippen LogP contribution is -2.39. The highest BCUT2D eigenvalue weighted by atomic mass is 19.1. The van der Waals surface area contributed by atoms with Gasteiger partial charge in [-0.25, -0.2) is 15.0 Å². The summed E-state index contributed by atoms with van der Waals surface area (Å²) in [5, 5.41) is 3.31. The van der Waals surface area contributed by atoms with Gasteiger partial charge in [0.2, 0.25) is 5.95 Å². The van der Waals surface area contributed by atoms with E-state index in [-0.39, 0.29) is 0 Å². The molecule has 1 aliphatic heterocycles. The molecule has 0 radical (unpaired) electrons. The van der Waals surface area contributed by atoms with Crippen LogP contribution in [0.2, 0.25) is 0 Å². The summed E-state index contributed by atoms with van der Waals surface area (Å²) < 4.78 is 13.1. The third-order valence-corrected chi connectivity index (χ3v) is 3.84. The van der Waals surface area contributed by atoms with Crippen LogP contribution in [0.4, 0.5) is 16.0 Å². The Balaban J connectivity index is 1.60. The fourth-order valence-corrected chi connectivity index (χ4v) is 2.81. The molecule has 0 aromatic carbocycles. The molecule has 22 heavy (non-hydrogen) atoms. The van der Waals surface area contributed by atoms with Gasteiger partial charge in [0.15, 0.2) is 0 Å². The molecule has 1 saturated heterocycles. The first-order valence-electron chi connectivity index (χ1n) is 7.56. The van der Waals surface area contributed by atoms with E-state index in [0.29, 0.717) is 11.9 Å². The van der Waals surface area contributed by atoms with Gasteiger partial charge in [-0.3, -0.25) is 0 Å². The minimum absolute atomic E-state index is 0.314. The second kappa shape index (κ2) is 6.25. The number of piperidine rings is 1. The van der Waals surface area contributed by atoms with Gasteiger partial charge < -0.3 is 10.2 Å². The van der Waals surface area contributed by atoms with Gasteiger partial charge in [0.05, 0.1) is 0 Å². The zero-order chi connectivity index (χ0) is 15.5. The second-order valence-electron chi connectivity index (χ2n) is 5.67. The molecule has 1 fully saturated rings. The number of rotatable bonds is 3. The lowest BCUT2D eigenvalue weighted by molar-refractivity contribution is 0.519. The number of anilines is 2. The van der Waals surface area contributed by atoms with Crippen molar-refractivity contribution in [3.63, 3.8) is 0 Å². The standard InChI is InChI=1S/C16H20FN5/c1-11-10-16(19-12(2)18-11)22-8-6-13(7-9-22)20-15-5-3-4-14(17)21-15/h3-5,10,13H,6-9H2,1-2H3,(H,20,21). The first kappa shape index (κ1) is 14.7. The fraction of sp³-hybridized carbons (Fsp3) is 0.438. The highest BCUT2D eigenvalue weighted by molar-refractivity contribution is 5.41. The molecule has 0 bridgehead atoms. The number of nitrogens with zero attached hydrogens (tertiary/aromatic N) is 4. The summed E-state index contributed by atoms with van der Waals surface area (Å²) in [6.07, 6.45) is 1.95. The van der Waals surface area contributed by atoms with E-state index in [1.165, 1.54) is 6.07 Å². The largest absolute Gasteiger partial charge is 0.367 e. The lowest BCUT2D eigenvalue weighted by Gasteiger charge is -2.33. The van der Waals surface area contributed by atoms with Gasteiger partial charge in [-0.1, -0.05) is 6.07 Å². The molecule has 0 aliphatic carbocycles. The summed E-state index contributed by atoms with van der Waals surface area (Å²) in [6.45, 7) is 5.74. The van der Waals surface area contributed by atoms with E-state index in [9.17, 15) is 4.39 Å². The van der Waals surface area contributed by atoms with Crippen molar-refractivity contribution >= 4 is 11.6 Å². The van der Waals surface area contributed by atoms with Gasteiger partial charge in [0.25, 0.3) is 0 Å². The number of aryl methyl sites for hydroxylation is 2. The first-order chi connectivity index (χ1) is 10.6. The van der Waals surface area contributed by atoms with Crippen LogP contribution in [0.1, 0.15) is 24.4 Å². The van der Waals surface area contributed by atoms with Gasteiger partial charge >= 0.3 is 0 Å². The number of hydrogen-bond acceptors (Lipinski definition) is 5. The minimum atomic E-state index is -0.450. The fourth-order valence-electron chi connectivity index (χ4n) is 2.81. The van der Waals surface area contributed by atoms with Crippen LogP contribution in [0.3, 0.4) is 0 Å². The molecule has 0 amide bonds. The number of hydrogen-bond donors (Lipinski definition) is 1. The molecular formula is C16H20FN5. The highest BCUT2D eigenvalue weighted by Crippen LogP contribution is 2.20. The third-order valence-electron chi connectivity index (χ3n) is 3.84. The van der Waals surface area contributed by atoms with Crippen LogP contribution >= 0.6 is 0 Å². The van der Waals surface area contributed by atoms with Crippen molar-refractivity contribution in [1.29, 1.82) is 0 Å². The van der Waals surface area contributed by atoms with E-state index in [0.717, 1.165) is 43.3 Å². The Morgan fingerprint density at radius 1 is 1.14 bits per heavy atom. The normalized spacial score (nSPS) is 15.9. The smallest absolute Gasteiger partial charge is 0.214 e. The molecule has 0 saturated carbocycles. The minimum Gasteiger partial charge on any atom is -0.367 e. The maximum atomic E-state index is 13.1. The molecule has 1 N–H and O–H groups in total. The van der Waals surface area contributed by atoms with E-state index in [4.69, 9.17) is 0 Å². The molecule has 116 valence electrons. The summed E-state index contributed by atoms with van der Waals surface area (Å²) in [4.78, 5) is 15.0. The SMILES string of the molecule is Cc1cc(N2CCC(Nc3cccc(F)n3)CC2)nc(C)n1. The van der Waals surface area contributed by atoms with E-state index >= 15 is 0 Å². The Kier molecular flexibility index (Phi) is 4.18. The van der Waals surface area contributed by atoms with Crippen LogP contribution in [-0.4, -0.2) is 34.1 Å². The van der Waals surface area contributed by atoms with Crippen LogP contribution in [0.5, 0.6) is 0 Å². The number of nitrogens with one attached hydrogen (secondary N) is 1. The van der Waals surface area contributed by atoms with Gasteiger partial charge in [-0.15, -0.1) is 0 Å². The summed E-state index contributed by atoms with van der Waals surface area (Å²) in [6, 6.07) is 7.16. The van der Waals surface area contributed by atoms with Gasteiger partial charge in [-0.2, -0.15) is 4.39 Å². The lowest BCUT2D eigenvalue weighted by atomic mass is 10.0. The van der Waals surface area contributed by atoms with Crippen LogP contribution in [-0.2, 0) is 0 Å². The highest BCUT2D eigenvalue weighted by Gasteiger charge is 2.20. The topological polar surface area (TPSA) is 53.9 Å². The number of pyridine rings is 1. The Bertz CT molecular complexity index is 632. The molecule has 2 aromatic rings. The Hall–Kier alpha value is -2.24. The van der Waals surface area contributed by atoms with E-state index in [1.54, 1.807) is 12.1 Å². The number of halogens is 1. The predicted molar refractivity (Wildman–Crippen MR) is 84.6 cm³/mol. The van der Waals surface area contributed by atoms with Crippen LogP contribution in [0.15, 0.2) is 24.3 Å².